The lowest BCUT2D eigenvalue weighted by Gasteiger charge is -2.17. The minimum atomic E-state index is -0.434. The van der Waals surface area contributed by atoms with Crippen LogP contribution in [0.15, 0.2) is 60.7 Å². The SMILES string of the molecule is COc1ccccc1CNC(=S)c1cccc(OC)c1OCc1c(F)cccc1Cl. The minimum Gasteiger partial charge on any atom is -0.496 e. The zero-order valence-electron chi connectivity index (χ0n) is 16.6. The maximum atomic E-state index is 14.1. The van der Waals surface area contributed by atoms with Gasteiger partial charge < -0.3 is 19.5 Å². The number of thiocarbonyl (C=S) groups is 1. The fraction of sp³-hybridized carbons (Fsp3) is 0.174. The molecule has 156 valence electrons. The van der Waals surface area contributed by atoms with E-state index in [1.54, 1.807) is 25.3 Å². The molecule has 0 radical (unpaired) electrons. The van der Waals surface area contributed by atoms with Crippen LogP contribution in [-0.2, 0) is 13.2 Å². The molecule has 0 aliphatic rings. The van der Waals surface area contributed by atoms with Crippen molar-refractivity contribution in [3.05, 3.63) is 88.2 Å². The molecule has 30 heavy (non-hydrogen) atoms. The summed E-state index contributed by atoms with van der Waals surface area (Å²) in [5, 5.41) is 3.51. The van der Waals surface area contributed by atoms with Crippen molar-refractivity contribution in [3.8, 4) is 17.2 Å². The standard InChI is InChI=1S/C23H21ClFNO3S/c1-27-20-11-4-3-7-15(20)13-26-23(30)16-8-5-12-21(28-2)22(16)29-14-17-18(24)9-6-10-19(17)25/h3-12H,13-14H2,1-2H3,(H,26,30). The highest BCUT2D eigenvalue weighted by molar-refractivity contribution is 7.80. The number of benzene rings is 3. The molecule has 4 nitrogen and oxygen atoms in total. The fourth-order valence-electron chi connectivity index (χ4n) is 2.94. The third-order valence-corrected chi connectivity index (χ3v) is 5.22. The highest BCUT2D eigenvalue weighted by atomic mass is 35.5. The fourth-order valence-corrected chi connectivity index (χ4v) is 3.39. The highest BCUT2D eigenvalue weighted by Gasteiger charge is 2.17. The van der Waals surface area contributed by atoms with E-state index in [2.05, 4.69) is 5.32 Å². The van der Waals surface area contributed by atoms with Crippen molar-refractivity contribution in [1.82, 2.24) is 5.32 Å². The first-order valence-electron chi connectivity index (χ1n) is 9.18. The molecule has 0 unspecified atom stereocenters. The summed E-state index contributed by atoms with van der Waals surface area (Å²) in [5.41, 5.74) is 1.86. The Morgan fingerprint density at radius 1 is 0.967 bits per heavy atom. The number of hydrogen-bond donors (Lipinski definition) is 1. The average Bonchev–Trinajstić information content (AvgIpc) is 2.77. The lowest BCUT2D eigenvalue weighted by molar-refractivity contribution is 0.279. The molecule has 0 aliphatic carbocycles. The summed E-state index contributed by atoms with van der Waals surface area (Å²) in [6, 6.07) is 17.6. The maximum Gasteiger partial charge on any atom is 0.171 e. The molecule has 0 amide bonds. The van der Waals surface area contributed by atoms with Gasteiger partial charge >= 0.3 is 0 Å². The monoisotopic (exact) mass is 445 g/mol. The van der Waals surface area contributed by atoms with Gasteiger partial charge in [0.05, 0.1) is 24.8 Å². The van der Waals surface area contributed by atoms with Crippen molar-refractivity contribution >= 4 is 28.8 Å². The maximum absolute atomic E-state index is 14.1. The second-order valence-corrected chi connectivity index (χ2v) is 7.14. The third kappa shape index (κ3) is 5.01. The van der Waals surface area contributed by atoms with Crippen LogP contribution in [0.1, 0.15) is 16.7 Å². The number of rotatable bonds is 8. The van der Waals surface area contributed by atoms with Gasteiger partial charge in [0.2, 0.25) is 0 Å². The first-order chi connectivity index (χ1) is 14.5. The molecule has 0 bridgehead atoms. The second kappa shape index (κ2) is 10.3. The van der Waals surface area contributed by atoms with Gasteiger partial charge in [-0.3, -0.25) is 0 Å². The quantitative estimate of drug-likeness (QED) is 0.461. The van der Waals surface area contributed by atoms with Gasteiger partial charge in [-0.05, 0) is 30.3 Å². The number of halogens is 2. The first-order valence-corrected chi connectivity index (χ1v) is 9.96. The van der Waals surface area contributed by atoms with Gasteiger partial charge in [0.15, 0.2) is 11.5 Å². The Labute approximate surface area is 185 Å². The zero-order valence-corrected chi connectivity index (χ0v) is 18.1. The van der Waals surface area contributed by atoms with Gasteiger partial charge in [0.1, 0.15) is 23.2 Å². The second-order valence-electron chi connectivity index (χ2n) is 6.32. The summed E-state index contributed by atoms with van der Waals surface area (Å²) in [6.45, 7) is 0.409. The summed E-state index contributed by atoms with van der Waals surface area (Å²) in [4.78, 5) is 0.467. The molecule has 7 heteroatoms. The molecule has 0 aromatic heterocycles. The molecular formula is C23H21ClFNO3S. The largest absolute Gasteiger partial charge is 0.496 e. The van der Waals surface area contributed by atoms with Gasteiger partial charge in [0.25, 0.3) is 0 Å². The van der Waals surface area contributed by atoms with Crippen LogP contribution in [0.5, 0.6) is 17.2 Å². The molecule has 0 atom stereocenters. The van der Waals surface area contributed by atoms with Crippen LogP contribution < -0.4 is 19.5 Å². The zero-order chi connectivity index (χ0) is 21.5. The number of nitrogens with one attached hydrogen (secondary N) is 1. The van der Waals surface area contributed by atoms with Crippen LogP contribution in [0.4, 0.5) is 4.39 Å². The summed E-state index contributed by atoms with van der Waals surface area (Å²) in [7, 11) is 3.16. The van der Waals surface area contributed by atoms with Crippen LogP contribution in [0.25, 0.3) is 0 Å². The third-order valence-electron chi connectivity index (χ3n) is 4.50. The lowest BCUT2D eigenvalue weighted by atomic mass is 10.1. The summed E-state index contributed by atoms with van der Waals surface area (Å²) in [5.74, 6) is 1.23. The van der Waals surface area contributed by atoms with Crippen molar-refractivity contribution in [3.63, 3.8) is 0 Å². The van der Waals surface area contributed by atoms with E-state index in [4.69, 9.17) is 38.0 Å². The Bertz CT molecular complexity index is 1020. The highest BCUT2D eigenvalue weighted by Crippen LogP contribution is 2.33. The molecule has 0 heterocycles. The van der Waals surface area contributed by atoms with Crippen molar-refractivity contribution in [2.24, 2.45) is 0 Å². The van der Waals surface area contributed by atoms with Gasteiger partial charge in [-0.1, -0.05) is 54.2 Å². The first kappa shape index (κ1) is 21.9. The molecule has 1 N–H and O–H groups in total. The Hall–Kier alpha value is -2.83. The van der Waals surface area contributed by atoms with Gasteiger partial charge in [-0.25, -0.2) is 4.39 Å². The van der Waals surface area contributed by atoms with E-state index in [9.17, 15) is 4.39 Å². The predicted molar refractivity (Wildman–Crippen MR) is 120 cm³/mol. The summed E-state index contributed by atoms with van der Waals surface area (Å²) < 4.78 is 30.9. The number of para-hydroxylation sites is 2. The molecule has 0 saturated carbocycles. The van der Waals surface area contributed by atoms with Crippen molar-refractivity contribution in [1.29, 1.82) is 0 Å². The Kier molecular flexibility index (Phi) is 7.49. The number of ether oxygens (including phenoxy) is 3. The van der Waals surface area contributed by atoms with E-state index in [-0.39, 0.29) is 12.2 Å². The molecule has 3 rings (SSSR count). The van der Waals surface area contributed by atoms with Gasteiger partial charge in [-0.2, -0.15) is 0 Å². The average molecular weight is 446 g/mol. The van der Waals surface area contributed by atoms with E-state index < -0.39 is 5.82 Å². The van der Waals surface area contributed by atoms with Gasteiger partial charge in [0, 0.05) is 17.7 Å². The van der Waals surface area contributed by atoms with Crippen molar-refractivity contribution in [2.75, 3.05) is 14.2 Å². The number of hydrogen-bond acceptors (Lipinski definition) is 4. The van der Waals surface area contributed by atoms with E-state index in [0.29, 0.717) is 33.6 Å². The molecule has 0 spiro atoms. The van der Waals surface area contributed by atoms with E-state index in [0.717, 1.165) is 11.3 Å². The Morgan fingerprint density at radius 3 is 2.40 bits per heavy atom. The Morgan fingerprint density at radius 2 is 1.67 bits per heavy atom. The molecule has 3 aromatic rings. The topological polar surface area (TPSA) is 39.7 Å². The number of methoxy groups -OCH3 is 2. The normalized spacial score (nSPS) is 10.4. The van der Waals surface area contributed by atoms with Crippen molar-refractivity contribution in [2.45, 2.75) is 13.2 Å². The minimum absolute atomic E-state index is 0.0615. The molecule has 0 fully saturated rings. The summed E-state index contributed by atoms with van der Waals surface area (Å²) >= 11 is 11.7. The van der Waals surface area contributed by atoms with E-state index >= 15 is 0 Å². The lowest BCUT2D eigenvalue weighted by Crippen LogP contribution is -2.23. The van der Waals surface area contributed by atoms with Crippen LogP contribution in [0.2, 0.25) is 5.02 Å². The smallest absolute Gasteiger partial charge is 0.171 e. The Balaban J connectivity index is 1.81. The van der Waals surface area contributed by atoms with E-state index in [1.807, 2.05) is 36.4 Å². The van der Waals surface area contributed by atoms with E-state index in [1.165, 1.54) is 13.2 Å². The van der Waals surface area contributed by atoms with Crippen LogP contribution in [0.3, 0.4) is 0 Å². The predicted octanol–water partition coefficient (Wildman–Crippen LogP) is 5.54. The van der Waals surface area contributed by atoms with Crippen LogP contribution >= 0.6 is 23.8 Å². The van der Waals surface area contributed by atoms with Gasteiger partial charge in [-0.15, -0.1) is 0 Å². The van der Waals surface area contributed by atoms with Crippen molar-refractivity contribution < 1.29 is 18.6 Å². The summed E-state index contributed by atoms with van der Waals surface area (Å²) in [6.07, 6.45) is 0. The molecule has 0 saturated heterocycles. The molecule has 0 aliphatic heterocycles. The van der Waals surface area contributed by atoms with Crippen LogP contribution in [-0.4, -0.2) is 19.2 Å². The van der Waals surface area contributed by atoms with Crippen LogP contribution in [0, 0.1) is 5.82 Å². The molecule has 3 aromatic carbocycles. The molecular weight excluding hydrogens is 425 g/mol.